The predicted molar refractivity (Wildman–Crippen MR) is 74.2 cm³/mol. The summed E-state index contributed by atoms with van der Waals surface area (Å²) in [5.74, 6) is 1.15. The van der Waals surface area contributed by atoms with Gasteiger partial charge in [0.05, 0.1) is 13.0 Å². The van der Waals surface area contributed by atoms with Gasteiger partial charge in [0.15, 0.2) is 11.5 Å². The second-order valence-electron chi connectivity index (χ2n) is 4.28. The Morgan fingerprint density at radius 1 is 1.58 bits per heavy atom. The van der Waals surface area contributed by atoms with Crippen molar-refractivity contribution in [1.29, 1.82) is 0 Å². The Kier molecular flexibility index (Phi) is 4.55. The Morgan fingerprint density at radius 2 is 2.32 bits per heavy atom. The number of hydrogen-bond acceptors (Lipinski definition) is 5. The Morgan fingerprint density at radius 3 is 2.79 bits per heavy atom. The van der Waals surface area contributed by atoms with E-state index >= 15 is 0 Å². The molecule has 0 bridgehead atoms. The number of rotatable bonds is 6. The van der Waals surface area contributed by atoms with Gasteiger partial charge in [-0.05, 0) is 6.07 Å². The van der Waals surface area contributed by atoms with E-state index in [0.717, 1.165) is 11.5 Å². The fourth-order valence-corrected chi connectivity index (χ4v) is 2.47. The van der Waals surface area contributed by atoms with Crippen molar-refractivity contribution in [3.63, 3.8) is 0 Å². The lowest BCUT2D eigenvalue weighted by Crippen LogP contribution is -2.32. The van der Waals surface area contributed by atoms with E-state index in [4.69, 9.17) is 15.2 Å². The van der Waals surface area contributed by atoms with Crippen LogP contribution in [-0.2, 0) is 4.79 Å². The zero-order valence-electron chi connectivity index (χ0n) is 10.7. The van der Waals surface area contributed by atoms with Gasteiger partial charge in [0.1, 0.15) is 6.10 Å². The van der Waals surface area contributed by atoms with Crippen LogP contribution in [0.25, 0.3) is 0 Å². The van der Waals surface area contributed by atoms with Gasteiger partial charge in [0.25, 0.3) is 0 Å². The maximum atomic E-state index is 11.3. The van der Waals surface area contributed by atoms with Crippen LogP contribution in [0.1, 0.15) is 11.5 Å². The van der Waals surface area contributed by atoms with E-state index in [1.54, 1.807) is 37.1 Å². The number of methoxy groups -OCH3 is 1. The number of carboxylic acids is 1. The zero-order chi connectivity index (χ0) is 13.8. The fraction of sp³-hybridized carbons (Fsp3) is 0.462. The second kappa shape index (κ2) is 6.16. The summed E-state index contributed by atoms with van der Waals surface area (Å²) in [5.41, 5.74) is 6.14. The molecule has 104 valence electrons. The third-order valence-electron chi connectivity index (χ3n) is 3.03. The number of para-hydroxylation sites is 1. The van der Waals surface area contributed by atoms with Crippen LogP contribution in [-0.4, -0.2) is 42.3 Å². The van der Waals surface area contributed by atoms with Crippen molar-refractivity contribution in [3.8, 4) is 11.5 Å². The lowest BCUT2D eigenvalue weighted by atomic mass is 9.98. The topological polar surface area (TPSA) is 81.8 Å². The lowest BCUT2D eigenvalue weighted by Gasteiger charge is -2.28. The van der Waals surface area contributed by atoms with Gasteiger partial charge in [-0.2, -0.15) is 11.8 Å². The first kappa shape index (κ1) is 14.0. The highest BCUT2D eigenvalue weighted by Crippen LogP contribution is 2.38. The molecule has 5 nitrogen and oxygen atoms in total. The number of benzene rings is 1. The standard InChI is InChI=1S/C13H17NO4S/c1-17-11-4-2-3-9(10(5-14)13(15)16)12(11)18-8-6-19-7-8/h2-4,8,10H,5-7,14H2,1H3,(H,15,16). The molecule has 0 saturated carbocycles. The van der Waals surface area contributed by atoms with Crippen LogP contribution < -0.4 is 15.2 Å². The molecule has 1 heterocycles. The molecule has 0 aromatic heterocycles. The second-order valence-corrected chi connectivity index (χ2v) is 5.36. The number of carboxylic acid groups (broad SMARTS) is 1. The van der Waals surface area contributed by atoms with Gasteiger partial charge in [-0.15, -0.1) is 0 Å². The normalized spacial score (nSPS) is 16.5. The van der Waals surface area contributed by atoms with Crippen LogP contribution in [0.5, 0.6) is 11.5 Å². The van der Waals surface area contributed by atoms with Gasteiger partial charge < -0.3 is 20.3 Å². The molecule has 19 heavy (non-hydrogen) atoms. The van der Waals surface area contributed by atoms with Gasteiger partial charge in [-0.1, -0.05) is 12.1 Å². The molecular weight excluding hydrogens is 266 g/mol. The molecule has 1 aromatic rings. The largest absolute Gasteiger partial charge is 0.493 e. The highest BCUT2D eigenvalue weighted by molar-refractivity contribution is 8.00. The number of nitrogens with two attached hydrogens (primary N) is 1. The van der Waals surface area contributed by atoms with Crippen LogP contribution in [0.2, 0.25) is 0 Å². The van der Waals surface area contributed by atoms with Crippen molar-refractivity contribution in [2.24, 2.45) is 5.73 Å². The molecule has 1 fully saturated rings. The molecule has 1 aliphatic heterocycles. The summed E-state index contributed by atoms with van der Waals surface area (Å²) < 4.78 is 11.1. The van der Waals surface area contributed by atoms with Gasteiger partial charge in [-0.3, -0.25) is 4.79 Å². The van der Waals surface area contributed by atoms with Crippen molar-refractivity contribution in [3.05, 3.63) is 23.8 Å². The highest BCUT2D eigenvalue weighted by Gasteiger charge is 2.28. The van der Waals surface area contributed by atoms with Gasteiger partial charge >= 0.3 is 5.97 Å². The molecular formula is C13H17NO4S. The van der Waals surface area contributed by atoms with Crippen LogP contribution in [0.3, 0.4) is 0 Å². The Labute approximate surface area is 116 Å². The average molecular weight is 283 g/mol. The van der Waals surface area contributed by atoms with Gasteiger partial charge in [-0.25, -0.2) is 0 Å². The molecule has 0 amide bonds. The quantitative estimate of drug-likeness (QED) is 0.819. The highest BCUT2D eigenvalue weighted by atomic mass is 32.2. The fourth-order valence-electron chi connectivity index (χ4n) is 1.90. The van der Waals surface area contributed by atoms with Crippen molar-refractivity contribution < 1.29 is 19.4 Å². The molecule has 1 unspecified atom stereocenters. The van der Waals surface area contributed by atoms with E-state index in [9.17, 15) is 9.90 Å². The van der Waals surface area contributed by atoms with Crippen molar-refractivity contribution in [1.82, 2.24) is 0 Å². The monoisotopic (exact) mass is 283 g/mol. The molecule has 1 aromatic carbocycles. The zero-order valence-corrected chi connectivity index (χ0v) is 11.5. The van der Waals surface area contributed by atoms with Crippen LogP contribution in [0, 0.1) is 0 Å². The molecule has 0 spiro atoms. The first-order valence-electron chi connectivity index (χ1n) is 6.01. The molecule has 3 N–H and O–H groups in total. The first-order chi connectivity index (χ1) is 9.17. The summed E-state index contributed by atoms with van der Waals surface area (Å²) in [7, 11) is 1.54. The van der Waals surface area contributed by atoms with Crippen molar-refractivity contribution in [2.45, 2.75) is 12.0 Å². The van der Waals surface area contributed by atoms with Crippen LogP contribution >= 0.6 is 11.8 Å². The Hall–Kier alpha value is -1.40. The van der Waals surface area contributed by atoms with E-state index in [1.807, 2.05) is 0 Å². The lowest BCUT2D eigenvalue weighted by molar-refractivity contribution is -0.138. The molecule has 0 aliphatic carbocycles. The van der Waals surface area contributed by atoms with E-state index in [-0.39, 0.29) is 12.6 Å². The maximum absolute atomic E-state index is 11.3. The molecule has 6 heteroatoms. The summed E-state index contributed by atoms with van der Waals surface area (Å²) >= 11 is 1.80. The number of hydrogen-bond donors (Lipinski definition) is 2. The van der Waals surface area contributed by atoms with Gasteiger partial charge in [0.2, 0.25) is 0 Å². The number of aliphatic carboxylic acids is 1. The minimum atomic E-state index is -0.955. The van der Waals surface area contributed by atoms with Gasteiger partial charge in [0, 0.05) is 23.6 Å². The SMILES string of the molecule is COc1cccc(C(CN)C(=O)O)c1OC1CSC1. The molecule has 1 saturated heterocycles. The third-order valence-corrected chi connectivity index (χ3v) is 4.25. The number of ether oxygens (including phenoxy) is 2. The van der Waals surface area contributed by atoms with E-state index in [2.05, 4.69) is 0 Å². The maximum Gasteiger partial charge on any atom is 0.312 e. The van der Waals surface area contributed by atoms with E-state index < -0.39 is 11.9 Å². The molecule has 2 rings (SSSR count). The van der Waals surface area contributed by atoms with E-state index in [1.165, 1.54) is 0 Å². The smallest absolute Gasteiger partial charge is 0.312 e. The Balaban J connectivity index is 2.36. The minimum absolute atomic E-state index is 0.0261. The predicted octanol–water partition coefficient (Wildman–Crippen LogP) is 1.32. The van der Waals surface area contributed by atoms with Crippen LogP contribution in [0.15, 0.2) is 18.2 Å². The molecule has 0 radical (unpaired) electrons. The minimum Gasteiger partial charge on any atom is -0.493 e. The number of carbonyl (C=O) groups is 1. The van der Waals surface area contributed by atoms with Crippen molar-refractivity contribution >= 4 is 17.7 Å². The Bertz CT molecular complexity index is 462. The summed E-state index contributed by atoms with van der Waals surface area (Å²) in [6.07, 6.45) is 0.118. The summed E-state index contributed by atoms with van der Waals surface area (Å²) in [6, 6.07) is 5.25. The number of thioether (sulfide) groups is 1. The first-order valence-corrected chi connectivity index (χ1v) is 7.17. The van der Waals surface area contributed by atoms with Crippen LogP contribution in [0.4, 0.5) is 0 Å². The summed E-state index contributed by atoms with van der Waals surface area (Å²) in [5, 5.41) is 9.24. The average Bonchev–Trinajstić information content (AvgIpc) is 2.35. The van der Waals surface area contributed by atoms with Crippen molar-refractivity contribution in [2.75, 3.05) is 25.2 Å². The summed E-state index contributed by atoms with van der Waals surface area (Å²) in [4.78, 5) is 11.3. The molecule has 1 aliphatic rings. The summed E-state index contributed by atoms with van der Waals surface area (Å²) in [6.45, 7) is 0.0261. The third kappa shape index (κ3) is 2.96. The molecule has 1 atom stereocenters. The van der Waals surface area contributed by atoms with E-state index in [0.29, 0.717) is 17.1 Å².